The molecule has 0 atom stereocenters. The molecule has 0 saturated carbocycles. The number of fused-ring (bicyclic) bond motifs is 1. The van der Waals surface area contributed by atoms with E-state index in [4.69, 9.17) is 0 Å². The predicted octanol–water partition coefficient (Wildman–Crippen LogP) is 2.49. The number of hydrogen-bond donors (Lipinski definition) is 0. The number of nitrogens with zero attached hydrogens (tertiary/aromatic N) is 2. The number of hydrogen-bond acceptors (Lipinski definition) is 4. The van der Waals surface area contributed by atoms with Gasteiger partial charge in [-0.15, -0.1) is 0 Å². The number of amides is 1. The van der Waals surface area contributed by atoms with Crippen LogP contribution in [0.25, 0.3) is 0 Å². The summed E-state index contributed by atoms with van der Waals surface area (Å²) in [5.41, 5.74) is 0.823. The lowest BCUT2D eigenvalue weighted by Crippen LogP contribution is -2.42. The van der Waals surface area contributed by atoms with E-state index in [9.17, 15) is 19.7 Å². The minimum absolute atomic E-state index is 0.00481. The quantitative estimate of drug-likeness (QED) is 0.632. The Morgan fingerprint density at radius 1 is 1.33 bits per heavy atom. The fourth-order valence-electron chi connectivity index (χ4n) is 2.21. The highest BCUT2D eigenvalue weighted by Crippen LogP contribution is 2.31. The van der Waals surface area contributed by atoms with Crippen molar-refractivity contribution in [3.63, 3.8) is 0 Å². The van der Waals surface area contributed by atoms with Gasteiger partial charge in [-0.1, -0.05) is 20.8 Å². The first-order valence-corrected chi connectivity index (χ1v) is 6.81. The van der Waals surface area contributed by atoms with E-state index in [1.807, 2.05) is 0 Å². The van der Waals surface area contributed by atoms with Gasteiger partial charge in [0.05, 0.1) is 11.5 Å². The number of Topliss-reactive ketones (excluding diaryl/α,β-unsaturated/α-hetero) is 1. The lowest BCUT2D eigenvalue weighted by molar-refractivity contribution is -0.384. The Balaban J connectivity index is 2.35. The molecule has 0 saturated heterocycles. The van der Waals surface area contributed by atoms with Crippen LogP contribution in [0.5, 0.6) is 0 Å². The van der Waals surface area contributed by atoms with Crippen molar-refractivity contribution in [3.05, 3.63) is 33.9 Å². The molecule has 0 bridgehead atoms. The van der Waals surface area contributed by atoms with Gasteiger partial charge in [0.1, 0.15) is 0 Å². The molecule has 6 nitrogen and oxygen atoms in total. The Morgan fingerprint density at radius 3 is 2.57 bits per heavy atom. The predicted molar refractivity (Wildman–Crippen MR) is 78.2 cm³/mol. The van der Waals surface area contributed by atoms with Gasteiger partial charge < -0.3 is 4.90 Å². The molecule has 0 unspecified atom stereocenters. The molecule has 0 fully saturated rings. The molecule has 1 aliphatic rings. The molecule has 0 aromatic heterocycles. The molecule has 0 aliphatic carbocycles. The third-order valence-electron chi connectivity index (χ3n) is 3.61. The highest BCUT2D eigenvalue weighted by molar-refractivity contribution is 6.02. The van der Waals surface area contributed by atoms with Gasteiger partial charge in [0.2, 0.25) is 5.91 Å². The number of anilines is 1. The van der Waals surface area contributed by atoms with Crippen molar-refractivity contribution < 1.29 is 14.5 Å². The van der Waals surface area contributed by atoms with E-state index in [1.165, 1.54) is 17.0 Å². The number of nitro groups is 1. The van der Waals surface area contributed by atoms with Gasteiger partial charge in [0.25, 0.3) is 5.69 Å². The molecule has 1 aliphatic heterocycles. The first-order valence-electron chi connectivity index (χ1n) is 6.81. The zero-order valence-corrected chi connectivity index (χ0v) is 12.4. The minimum atomic E-state index is -0.529. The fraction of sp³-hybridized carbons (Fsp3) is 0.467. The van der Waals surface area contributed by atoms with Crippen LogP contribution in [0.15, 0.2) is 18.2 Å². The summed E-state index contributed by atoms with van der Waals surface area (Å²) in [5.74, 6) is -0.156. The van der Waals surface area contributed by atoms with Crippen LogP contribution in [0, 0.1) is 15.5 Å². The largest absolute Gasteiger partial charge is 0.305 e. The van der Waals surface area contributed by atoms with E-state index >= 15 is 0 Å². The van der Waals surface area contributed by atoms with Crippen LogP contribution in [0.4, 0.5) is 11.4 Å². The summed E-state index contributed by atoms with van der Waals surface area (Å²) < 4.78 is 0. The lowest BCUT2D eigenvalue weighted by Gasteiger charge is -2.30. The second-order valence-corrected chi connectivity index (χ2v) is 6.22. The molecule has 0 spiro atoms. The molecule has 6 heteroatoms. The Morgan fingerprint density at radius 2 is 2.00 bits per heavy atom. The van der Waals surface area contributed by atoms with Crippen molar-refractivity contribution in [1.82, 2.24) is 0 Å². The second kappa shape index (κ2) is 5.27. The van der Waals surface area contributed by atoms with Crippen molar-refractivity contribution in [2.45, 2.75) is 33.6 Å². The van der Waals surface area contributed by atoms with Gasteiger partial charge in [-0.3, -0.25) is 19.7 Å². The number of non-ortho nitro benzene ring substituents is 1. The van der Waals surface area contributed by atoms with Crippen LogP contribution in [-0.2, 0) is 16.0 Å². The van der Waals surface area contributed by atoms with Gasteiger partial charge in [0, 0.05) is 29.7 Å². The van der Waals surface area contributed by atoms with E-state index in [0.29, 0.717) is 12.1 Å². The first-order chi connectivity index (χ1) is 9.70. The van der Waals surface area contributed by atoms with Gasteiger partial charge >= 0.3 is 0 Å². The number of carbonyl (C=O) groups is 2. The third kappa shape index (κ3) is 3.09. The van der Waals surface area contributed by atoms with Crippen molar-refractivity contribution in [3.8, 4) is 0 Å². The topological polar surface area (TPSA) is 80.5 Å². The molecule has 112 valence electrons. The minimum Gasteiger partial charge on any atom is -0.305 e. The zero-order valence-electron chi connectivity index (χ0n) is 12.4. The standard InChI is InChI=1S/C15H18N2O4/c1-15(2,3)13(18)9-16-12-6-5-11(17(20)21)8-10(12)4-7-14(16)19/h5-6,8H,4,7,9H2,1-3H3. The van der Waals surface area contributed by atoms with Crippen molar-refractivity contribution >= 4 is 23.1 Å². The maximum Gasteiger partial charge on any atom is 0.269 e. The Hall–Kier alpha value is -2.24. The zero-order chi connectivity index (χ0) is 15.8. The summed E-state index contributed by atoms with van der Waals surface area (Å²) >= 11 is 0. The van der Waals surface area contributed by atoms with Crippen LogP contribution in [0.1, 0.15) is 32.8 Å². The van der Waals surface area contributed by atoms with Gasteiger partial charge in [-0.05, 0) is 18.1 Å². The summed E-state index contributed by atoms with van der Waals surface area (Å²) in [7, 11) is 0. The molecule has 21 heavy (non-hydrogen) atoms. The molecule has 1 heterocycles. The van der Waals surface area contributed by atoms with E-state index in [-0.39, 0.29) is 30.3 Å². The number of benzene rings is 1. The number of ketones is 1. The smallest absolute Gasteiger partial charge is 0.269 e. The first kappa shape index (κ1) is 15.2. The van der Waals surface area contributed by atoms with E-state index in [0.717, 1.165) is 5.56 Å². The van der Waals surface area contributed by atoms with Crippen molar-refractivity contribution in [2.24, 2.45) is 5.41 Å². The maximum absolute atomic E-state index is 12.2. The number of nitro benzene ring substituents is 1. The van der Waals surface area contributed by atoms with Gasteiger partial charge in [0.15, 0.2) is 5.78 Å². The average molecular weight is 290 g/mol. The SMILES string of the molecule is CC(C)(C)C(=O)CN1C(=O)CCc2cc([N+](=O)[O-])ccc21. The van der Waals surface area contributed by atoms with Crippen LogP contribution < -0.4 is 4.90 Å². The van der Waals surface area contributed by atoms with E-state index in [2.05, 4.69) is 0 Å². The van der Waals surface area contributed by atoms with Crippen LogP contribution >= 0.6 is 0 Å². The fourth-order valence-corrected chi connectivity index (χ4v) is 2.21. The summed E-state index contributed by atoms with van der Waals surface area (Å²) in [6.07, 6.45) is 0.738. The molecular formula is C15H18N2O4. The number of rotatable bonds is 3. The van der Waals surface area contributed by atoms with Crippen molar-refractivity contribution in [2.75, 3.05) is 11.4 Å². The van der Waals surface area contributed by atoms with Crippen molar-refractivity contribution in [1.29, 1.82) is 0 Å². The summed E-state index contributed by atoms with van der Waals surface area (Å²) in [6.45, 7) is 5.43. The van der Waals surface area contributed by atoms with E-state index < -0.39 is 10.3 Å². The number of aryl methyl sites for hydroxylation is 1. The molecule has 0 radical (unpaired) electrons. The maximum atomic E-state index is 12.2. The Bertz CT molecular complexity index is 617. The lowest BCUT2D eigenvalue weighted by atomic mass is 9.89. The van der Waals surface area contributed by atoms with E-state index in [1.54, 1.807) is 26.8 Å². The summed E-state index contributed by atoms with van der Waals surface area (Å²) in [6, 6.07) is 4.41. The average Bonchev–Trinajstić information content (AvgIpc) is 2.40. The molecule has 1 aromatic carbocycles. The Kier molecular flexibility index (Phi) is 3.80. The monoisotopic (exact) mass is 290 g/mol. The third-order valence-corrected chi connectivity index (χ3v) is 3.61. The molecule has 0 N–H and O–H groups in total. The second-order valence-electron chi connectivity index (χ2n) is 6.22. The van der Waals surface area contributed by atoms with Crippen LogP contribution in [0.3, 0.4) is 0 Å². The van der Waals surface area contributed by atoms with Crippen LogP contribution in [-0.4, -0.2) is 23.2 Å². The van der Waals surface area contributed by atoms with Gasteiger partial charge in [-0.25, -0.2) is 0 Å². The molecular weight excluding hydrogens is 272 g/mol. The summed E-state index contributed by atoms with van der Waals surface area (Å²) in [4.78, 5) is 36.0. The normalized spacial score (nSPS) is 14.8. The summed E-state index contributed by atoms with van der Waals surface area (Å²) in [5, 5.41) is 10.8. The Labute approximate surface area is 122 Å². The highest BCUT2D eigenvalue weighted by atomic mass is 16.6. The molecule has 2 rings (SSSR count). The van der Waals surface area contributed by atoms with Gasteiger partial charge in [-0.2, -0.15) is 0 Å². The van der Waals surface area contributed by atoms with Crippen LogP contribution in [0.2, 0.25) is 0 Å². The highest BCUT2D eigenvalue weighted by Gasteiger charge is 2.30. The molecule has 1 aromatic rings. The molecule has 1 amide bonds. The number of carbonyl (C=O) groups excluding carboxylic acids is 2.